The second-order valence-corrected chi connectivity index (χ2v) is 11.3. The van der Waals surface area contributed by atoms with Gasteiger partial charge in [0.15, 0.2) is 0 Å². The predicted octanol–water partition coefficient (Wildman–Crippen LogP) is 7.09. The number of hydrogen-bond donors (Lipinski definition) is 0. The molecule has 0 aliphatic heterocycles. The minimum atomic E-state index is -4.51. The van der Waals surface area contributed by atoms with E-state index in [9.17, 15) is 22.8 Å². The highest BCUT2D eigenvalue weighted by Gasteiger charge is 2.42. The highest BCUT2D eigenvalue weighted by molar-refractivity contribution is 5.73. The normalized spacial score (nSPS) is 12.6. The fraction of sp³-hybridized carbons (Fsp3) is 0.394. The Morgan fingerprint density at radius 2 is 1.55 bits per heavy atom. The molecule has 0 spiro atoms. The summed E-state index contributed by atoms with van der Waals surface area (Å²) < 4.78 is 58.7. The molecule has 0 aliphatic rings. The van der Waals surface area contributed by atoms with Crippen molar-refractivity contribution in [2.24, 2.45) is 0 Å². The lowest BCUT2D eigenvalue weighted by Gasteiger charge is -2.28. The molecule has 0 saturated heterocycles. The summed E-state index contributed by atoms with van der Waals surface area (Å²) in [5.74, 6) is -0.305. The molecular formula is C33H38F3NO5. The lowest BCUT2D eigenvalue weighted by molar-refractivity contribution is -0.179. The van der Waals surface area contributed by atoms with Gasteiger partial charge in [-0.25, -0.2) is 0 Å². The third-order valence-electron chi connectivity index (χ3n) is 6.38. The standard InChI is InChI=1S/C33H38F3NO5/c1-32(2,3)42-29(38)15-14-22-10-9-12-24(16-22)26-17-23(18-27(19-26)31(37(4)5)33(34,35)36)21-41-28-13-8-7-11-25(28)20-30(39)40-6/h7-13,16-19,31H,14-15,20-21H2,1-6H3. The van der Waals surface area contributed by atoms with Crippen molar-refractivity contribution in [1.29, 1.82) is 0 Å². The maximum Gasteiger partial charge on any atom is 0.408 e. The first-order chi connectivity index (χ1) is 19.7. The average molecular weight is 586 g/mol. The Bertz CT molecular complexity index is 1380. The van der Waals surface area contributed by atoms with Crippen LogP contribution < -0.4 is 4.74 Å². The van der Waals surface area contributed by atoms with Crippen molar-refractivity contribution in [3.63, 3.8) is 0 Å². The summed E-state index contributed by atoms with van der Waals surface area (Å²) in [5.41, 5.74) is 2.79. The van der Waals surface area contributed by atoms with E-state index in [0.717, 1.165) is 10.5 Å². The number of hydrogen-bond acceptors (Lipinski definition) is 6. The summed E-state index contributed by atoms with van der Waals surface area (Å²) in [6.07, 6.45) is -3.90. The Kier molecular flexibility index (Phi) is 10.8. The fourth-order valence-corrected chi connectivity index (χ4v) is 4.63. The Hall–Kier alpha value is -3.85. The van der Waals surface area contributed by atoms with Crippen molar-refractivity contribution in [2.45, 2.75) is 64.5 Å². The van der Waals surface area contributed by atoms with Crippen LogP contribution in [0.5, 0.6) is 5.75 Å². The van der Waals surface area contributed by atoms with Gasteiger partial charge in [0.25, 0.3) is 0 Å². The molecule has 9 heteroatoms. The highest BCUT2D eigenvalue weighted by Crippen LogP contribution is 2.38. The fourth-order valence-electron chi connectivity index (χ4n) is 4.63. The van der Waals surface area contributed by atoms with Crippen LogP contribution in [0.15, 0.2) is 66.7 Å². The maximum absolute atomic E-state index is 14.2. The second-order valence-electron chi connectivity index (χ2n) is 11.3. The van der Waals surface area contributed by atoms with E-state index in [1.54, 1.807) is 57.2 Å². The van der Waals surface area contributed by atoms with E-state index in [4.69, 9.17) is 14.2 Å². The second kappa shape index (κ2) is 13.9. The van der Waals surface area contributed by atoms with Gasteiger partial charge in [-0.2, -0.15) is 13.2 Å². The molecule has 0 amide bonds. The number of esters is 2. The largest absolute Gasteiger partial charge is 0.489 e. The van der Waals surface area contributed by atoms with Crippen LogP contribution in [0.2, 0.25) is 0 Å². The van der Waals surface area contributed by atoms with Gasteiger partial charge in [0.2, 0.25) is 0 Å². The number of carbonyl (C=O) groups is 2. The molecule has 3 rings (SSSR count). The number of rotatable bonds is 11. The summed E-state index contributed by atoms with van der Waals surface area (Å²) in [7, 11) is 4.08. The number of methoxy groups -OCH3 is 1. The zero-order valence-electron chi connectivity index (χ0n) is 24.9. The average Bonchev–Trinajstić information content (AvgIpc) is 2.89. The molecule has 0 saturated carbocycles. The van der Waals surface area contributed by atoms with Crippen molar-refractivity contribution in [3.8, 4) is 16.9 Å². The van der Waals surface area contributed by atoms with Gasteiger partial charge in [-0.3, -0.25) is 14.5 Å². The van der Waals surface area contributed by atoms with Crippen LogP contribution in [-0.2, 0) is 38.5 Å². The SMILES string of the molecule is COC(=O)Cc1ccccc1OCc1cc(-c2cccc(CCC(=O)OC(C)(C)C)c2)cc(C(N(C)C)C(F)(F)F)c1. The smallest absolute Gasteiger partial charge is 0.408 e. The van der Waals surface area contributed by atoms with Crippen LogP contribution in [0.3, 0.4) is 0 Å². The molecule has 42 heavy (non-hydrogen) atoms. The first-order valence-corrected chi connectivity index (χ1v) is 13.6. The first-order valence-electron chi connectivity index (χ1n) is 13.6. The minimum absolute atomic E-state index is 0.00479. The Balaban J connectivity index is 1.96. The predicted molar refractivity (Wildman–Crippen MR) is 155 cm³/mol. The molecule has 0 bridgehead atoms. The number of para-hydroxylation sites is 1. The molecule has 0 radical (unpaired) electrons. The number of alkyl halides is 3. The van der Waals surface area contributed by atoms with Gasteiger partial charge in [0.05, 0.1) is 13.5 Å². The number of carbonyl (C=O) groups excluding carboxylic acids is 2. The molecule has 0 aliphatic carbocycles. The van der Waals surface area contributed by atoms with Gasteiger partial charge >= 0.3 is 18.1 Å². The van der Waals surface area contributed by atoms with E-state index in [-0.39, 0.29) is 31.0 Å². The van der Waals surface area contributed by atoms with E-state index in [1.165, 1.54) is 27.3 Å². The van der Waals surface area contributed by atoms with E-state index >= 15 is 0 Å². The van der Waals surface area contributed by atoms with Crippen LogP contribution in [0.25, 0.3) is 11.1 Å². The third kappa shape index (κ3) is 9.62. The lowest BCUT2D eigenvalue weighted by atomic mass is 9.94. The molecule has 1 atom stereocenters. The van der Waals surface area contributed by atoms with Crippen LogP contribution in [-0.4, -0.2) is 49.8 Å². The Morgan fingerprint density at radius 3 is 2.19 bits per heavy atom. The summed E-state index contributed by atoms with van der Waals surface area (Å²) in [6.45, 7) is 5.40. The van der Waals surface area contributed by atoms with Crippen molar-refractivity contribution in [1.82, 2.24) is 4.90 Å². The van der Waals surface area contributed by atoms with Crippen LogP contribution >= 0.6 is 0 Å². The van der Waals surface area contributed by atoms with E-state index < -0.39 is 23.8 Å². The molecule has 0 N–H and O–H groups in total. The summed E-state index contributed by atoms with van der Waals surface area (Å²) in [4.78, 5) is 25.2. The van der Waals surface area contributed by atoms with Gasteiger partial charge < -0.3 is 14.2 Å². The molecule has 3 aromatic carbocycles. The van der Waals surface area contributed by atoms with Crippen LogP contribution in [0.4, 0.5) is 13.2 Å². The summed E-state index contributed by atoms with van der Waals surface area (Å²) in [6, 6.07) is 17.4. The van der Waals surface area contributed by atoms with E-state index in [2.05, 4.69) is 0 Å². The molecule has 226 valence electrons. The number of ether oxygens (including phenoxy) is 3. The minimum Gasteiger partial charge on any atom is -0.489 e. The van der Waals surface area contributed by atoms with Gasteiger partial charge in [0.1, 0.15) is 24.0 Å². The van der Waals surface area contributed by atoms with Crippen molar-refractivity contribution < 1.29 is 37.0 Å². The van der Waals surface area contributed by atoms with Gasteiger partial charge in [-0.15, -0.1) is 0 Å². The number of aryl methyl sites for hydroxylation is 1. The Labute approximate surface area is 245 Å². The number of benzene rings is 3. The lowest BCUT2D eigenvalue weighted by Crippen LogP contribution is -2.33. The number of nitrogens with zero attached hydrogens (tertiary/aromatic N) is 1. The van der Waals surface area contributed by atoms with E-state index in [0.29, 0.717) is 34.4 Å². The molecule has 0 aromatic heterocycles. The van der Waals surface area contributed by atoms with Crippen LogP contribution in [0, 0.1) is 0 Å². The molecule has 6 nitrogen and oxygen atoms in total. The van der Waals surface area contributed by atoms with Gasteiger partial charge in [-0.05, 0) is 87.3 Å². The van der Waals surface area contributed by atoms with Crippen molar-refractivity contribution in [3.05, 3.63) is 89.0 Å². The van der Waals surface area contributed by atoms with Crippen molar-refractivity contribution in [2.75, 3.05) is 21.2 Å². The maximum atomic E-state index is 14.2. The highest BCUT2D eigenvalue weighted by atomic mass is 19.4. The first kappa shape index (κ1) is 32.7. The zero-order chi connectivity index (χ0) is 31.1. The van der Waals surface area contributed by atoms with Gasteiger partial charge in [0, 0.05) is 12.0 Å². The topological polar surface area (TPSA) is 65.1 Å². The molecule has 3 aromatic rings. The zero-order valence-corrected chi connectivity index (χ0v) is 24.9. The van der Waals surface area contributed by atoms with E-state index in [1.807, 2.05) is 24.3 Å². The quantitative estimate of drug-likeness (QED) is 0.224. The van der Waals surface area contributed by atoms with Crippen molar-refractivity contribution >= 4 is 11.9 Å². The molecular weight excluding hydrogens is 547 g/mol. The number of halogens is 3. The molecule has 0 heterocycles. The molecule has 0 fully saturated rings. The van der Waals surface area contributed by atoms with Gasteiger partial charge in [-0.1, -0.05) is 48.5 Å². The third-order valence-corrected chi connectivity index (χ3v) is 6.38. The molecule has 1 unspecified atom stereocenters. The monoisotopic (exact) mass is 585 g/mol. The Morgan fingerprint density at radius 1 is 0.857 bits per heavy atom. The summed E-state index contributed by atoms with van der Waals surface area (Å²) in [5, 5.41) is 0. The summed E-state index contributed by atoms with van der Waals surface area (Å²) >= 11 is 0. The van der Waals surface area contributed by atoms with Crippen LogP contribution in [0.1, 0.15) is 55.5 Å².